The van der Waals surface area contributed by atoms with E-state index in [1.54, 1.807) is 24.5 Å². The van der Waals surface area contributed by atoms with Crippen LogP contribution in [0.4, 0.5) is 0 Å². The number of carbonyl (C=O) groups excluding carboxylic acids is 1. The summed E-state index contributed by atoms with van der Waals surface area (Å²) in [7, 11) is 0. The molecule has 2 rings (SSSR count). The van der Waals surface area contributed by atoms with Crippen LogP contribution < -0.4 is 0 Å². The van der Waals surface area contributed by atoms with Gasteiger partial charge < -0.3 is 9.64 Å². The van der Waals surface area contributed by atoms with Crippen molar-refractivity contribution in [3.05, 3.63) is 30.1 Å². The summed E-state index contributed by atoms with van der Waals surface area (Å²) in [5.41, 5.74) is 0.691. The van der Waals surface area contributed by atoms with Crippen molar-refractivity contribution in [2.24, 2.45) is 0 Å². The highest BCUT2D eigenvalue weighted by Crippen LogP contribution is 2.13. The Bertz CT molecular complexity index is 357. The van der Waals surface area contributed by atoms with Gasteiger partial charge in [0.25, 0.3) is 5.91 Å². The number of nitrogens with zero attached hydrogens (tertiary/aromatic N) is 2. The maximum absolute atomic E-state index is 12.1. The molecule has 1 aliphatic heterocycles. The summed E-state index contributed by atoms with van der Waals surface area (Å²) >= 11 is 0. The van der Waals surface area contributed by atoms with E-state index < -0.39 is 0 Å². The predicted octanol–water partition coefficient (Wildman–Crippen LogP) is 1.33. The van der Waals surface area contributed by atoms with E-state index in [1.165, 1.54) is 0 Å². The Kier molecular flexibility index (Phi) is 3.19. The SMILES string of the molecule is C[C@H]1CN(C(=O)c2ccncc2)C[C@H](C)O1. The first-order chi connectivity index (χ1) is 7.66. The lowest BCUT2D eigenvalue weighted by Gasteiger charge is -2.35. The maximum atomic E-state index is 12.1. The largest absolute Gasteiger partial charge is 0.372 e. The summed E-state index contributed by atoms with van der Waals surface area (Å²) in [4.78, 5) is 17.9. The summed E-state index contributed by atoms with van der Waals surface area (Å²) in [6.07, 6.45) is 3.49. The molecule has 0 spiro atoms. The Morgan fingerprint density at radius 3 is 2.44 bits per heavy atom. The second kappa shape index (κ2) is 4.61. The monoisotopic (exact) mass is 220 g/mol. The topological polar surface area (TPSA) is 42.4 Å². The molecule has 4 nitrogen and oxygen atoms in total. The van der Waals surface area contributed by atoms with Gasteiger partial charge in [0.1, 0.15) is 0 Å². The lowest BCUT2D eigenvalue weighted by Crippen LogP contribution is -2.48. The number of hydrogen-bond acceptors (Lipinski definition) is 3. The normalized spacial score (nSPS) is 25.5. The van der Waals surface area contributed by atoms with E-state index in [-0.39, 0.29) is 18.1 Å². The number of morpholine rings is 1. The first-order valence-electron chi connectivity index (χ1n) is 5.51. The number of amides is 1. The molecule has 1 aromatic rings. The quantitative estimate of drug-likeness (QED) is 0.717. The molecular formula is C12H16N2O2. The van der Waals surface area contributed by atoms with Crippen LogP contribution in [0.2, 0.25) is 0 Å². The lowest BCUT2D eigenvalue weighted by molar-refractivity contribution is -0.0586. The molecule has 86 valence electrons. The molecule has 0 bridgehead atoms. The predicted molar refractivity (Wildman–Crippen MR) is 60.1 cm³/mol. The Hall–Kier alpha value is -1.42. The highest BCUT2D eigenvalue weighted by atomic mass is 16.5. The van der Waals surface area contributed by atoms with Crippen LogP contribution in [-0.4, -0.2) is 41.1 Å². The second-order valence-corrected chi connectivity index (χ2v) is 4.20. The van der Waals surface area contributed by atoms with Gasteiger partial charge >= 0.3 is 0 Å². The Balaban J connectivity index is 2.10. The van der Waals surface area contributed by atoms with Gasteiger partial charge in [-0.05, 0) is 26.0 Å². The molecule has 0 aliphatic carbocycles. The smallest absolute Gasteiger partial charge is 0.254 e. The van der Waals surface area contributed by atoms with Crippen molar-refractivity contribution in [3.63, 3.8) is 0 Å². The zero-order valence-electron chi connectivity index (χ0n) is 9.59. The molecule has 0 saturated carbocycles. The molecule has 0 radical (unpaired) electrons. The highest BCUT2D eigenvalue weighted by molar-refractivity contribution is 5.94. The van der Waals surface area contributed by atoms with Crippen LogP contribution in [0.3, 0.4) is 0 Å². The van der Waals surface area contributed by atoms with E-state index >= 15 is 0 Å². The van der Waals surface area contributed by atoms with E-state index in [4.69, 9.17) is 4.74 Å². The summed E-state index contributed by atoms with van der Waals surface area (Å²) in [6, 6.07) is 3.49. The minimum atomic E-state index is 0.0596. The van der Waals surface area contributed by atoms with Gasteiger partial charge in [-0.15, -0.1) is 0 Å². The standard InChI is InChI=1S/C12H16N2O2/c1-9-7-14(8-10(2)16-9)12(15)11-3-5-13-6-4-11/h3-6,9-10H,7-8H2,1-2H3/t9-,10-/m0/s1. The van der Waals surface area contributed by atoms with E-state index in [2.05, 4.69) is 4.98 Å². The van der Waals surface area contributed by atoms with Crippen LogP contribution in [0.25, 0.3) is 0 Å². The molecule has 4 heteroatoms. The zero-order valence-corrected chi connectivity index (χ0v) is 9.59. The van der Waals surface area contributed by atoms with Crippen LogP contribution in [0.1, 0.15) is 24.2 Å². The number of rotatable bonds is 1. The summed E-state index contributed by atoms with van der Waals surface area (Å²) in [5, 5.41) is 0. The third-order valence-electron chi connectivity index (χ3n) is 2.63. The van der Waals surface area contributed by atoms with Crippen LogP contribution in [0.5, 0.6) is 0 Å². The lowest BCUT2D eigenvalue weighted by atomic mass is 10.2. The van der Waals surface area contributed by atoms with Gasteiger partial charge in [0.15, 0.2) is 0 Å². The molecule has 1 saturated heterocycles. The molecule has 2 heterocycles. The fraction of sp³-hybridized carbons (Fsp3) is 0.500. The van der Waals surface area contributed by atoms with Gasteiger partial charge in [-0.25, -0.2) is 0 Å². The molecule has 1 amide bonds. The van der Waals surface area contributed by atoms with Crippen molar-refractivity contribution >= 4 is 5.91 Å². The molecule has 1 aliphatic rings. The maximum Gasteiger partial charge on any atom is 0.254 e. The van der Waals surface area contributed by atoms with Crippen molar-refractivity contribution in [1.29, 1.82) is 0 Å². The molecule has 0 aromatic carbocycles. The highest BCUT2D eigenvalue weighted by Gasteiger charge is 2.26. The number of aromatic nitrogens is 1. The molecule has 0 unspecified atom stereocenters. The number of pyridine rings is 1. The van der Waals surface area contributed by atoms with Gasteiger partial charge in [0.05, 0.1) is 12.2 Å². The molecule has 1 fully saturated rings. The van der Waals surface area contributed by atoms with Gasteiger partial charge in [0.2, 0.25) is 0 Å². The van der Waals surface area contributed by atoms with Crippen molar-refractivity contribution in [3.8, 4) is 0 Å². The van der Waals surface area contributed by atoms with Gasteiger partial charge in [-0.2, -0.15) is 0 Å². The van der Waals surface area contributed by atoms with Crippen LogP contribution in [0.15, 0.2) is 24.5 Å². The molecular weight excluding hydrogens is 204 g/mol. The molecule has 16 heavy (non-hydrogen) atoms. The van der Waals surface area contributed by atoms with E-state index in [9.17, 15) is 4.79 Å². The Morgan fingerprint density at radius 2 is 1.88 bits per heavy atom. The van der Waals surface area contributed by atoms with Crippen molar-refractivity contribution in [2.75, 3.05) is 13.1 Å². The van der Waals surface area contributed by atoms with E-state index in [0.29, 0.717) is 18.7 Å². The molecule has 1 aromatic heterocycles. The van der Waals surface area contributed by atoms with Crippen molar-refractivity contribution in [2.45, 2.75) is 26.1 Å². The van der Waals surface area contributed by atoms with E-state index in [1.807, 2.05) is 18.7 Å². The second-order valence-electron chi connectivity index (χ2n) is 4.20. The summed E-state index contributed by atoms with van der Waals surface area (Å²) < 4.78 is 5.60. The van der Waals surface area contributed by atoms with Crippen molar-refractivity contribution < 1.29 is 9.53 Å². The number of hydrogen-bond donors (Lipinski definition) is 0. The van der Waals surface area contributed by atoms with Gasteiger partial charge in [0, 0.05) is 31.0 Å². The molecule has 2 atom stereocenters. The number of carbonyl (C=O) groups is 1. The van der Waals surface area contributed by atoms with Crippen LogP contribution in [0, 0.1) is 0 Å². The van der Waals surface area contributed by atoms with E-state index in [0.717, 1.165) is 0 Å². The third-order valence-corrected chi connectivity index (χ3v) is 2.63. The molecule has 0 N–H and O–H groups in total. The summed E-state index contributed by atoms with van der Waals surface area (Å²) in [6.45, 7) is 5.29. The first kappa shape index (κ1) is 11.1. The van der Waals surface area contributed by atoms with Gasteiger partial charge in [-0.1, -0.05) is 0 Å². The Morgan fingerprint density at radius 1 is 1.31 bits per heavy atom. The summed E-state index contributed by atoms with van der Waals surface area (Å²) in [5.74, 6) is 0.0596. The minimum absolute atomic E-state index is 0.0596. The first-order valence-corrected chi connectivity index (χ1v) is 5.51. The number of ether oxygens (including phenoxy) is 1. The van der Waals surface area contributed by atoms with Crippen LogP contribution in [-0.2, 0) is 4.74 Å². The minimum Gasteiger partial charge on any atom is -0.372 e. The van der Waals surface area contributed by atoms with Gasteiger partial charge in [-0.3, -0.25) is 9.78 Å². The average molecular weight is 220 g/mol. The van der Waals surface area contributed by atoms with Crippen LogP contribution >= 0.6 is 0 Å². The fourth-order valence-corrected chi connectivity index (χ4v) is 2.02. The Labute approximate surface area is 95.2 Å². The third kappa shape index (κ3) is 2.39. The average Bonchev–Trinajstić information content (AvgIpc) is 2.28. The zero-order chi connectivity index (χ0) is 11.5. The fourth-order valence-electron chi connectivity index (χ4n) is 2.02. The van der Waals surface area contributed by atoms with Crippen molar-refractivity contribution in [1.82, 2.24) is 9.88 Å².